The number of nitriles is 1. The van der Waals surface area contributed by atoms with Crippen LogP contribution in [0.1, 0.15) is 11.1 Å². The van der Waals surface area contributed by atoms with E-state index in [1.807, 2.05) is 18.2 Å². The molecule has 0 aromatic heterocycles. The summed E-state index contributed by atoms with van der Waals surface area (Å²) in [5, 5.41) is 9.46. The van der Waals surface area contributed by atoms with Crippen LogP contribution in [0.2, 0.25) is 0 Å². The highest BCUT2D eigenvalue weighted by Crippen LogP contribution is 2.29. The second-order valence-electron chi connectivity index (χ2n) is 5.70. The lowest BCUT2D eigenvalue weighted by molar-refractivity contribution is 0.122. The Labute approximate surface area is 146 Å². The van der Waals surface area contributed by atoms with Crippen LogP contribution >= 0.6 is 0 Å². The van der Waals surface area contributed by atoms with Crippen molar-refractivity contribution in [2.24, 2.45) is 0 Å². The fourth-order valence-electron chi connectivity index (χ4n) is 2.80. The van der Waals surface area contributed by atoms with Crippen molar-refractivity contribution in [2.75, 3.05) is 38.3 Å². The Kier molecular flexibility index (Phi) is 5.32. The predicted molar refractivity (Wildman–Crippen MR) is 95.9 cm³/mol. The number of methoxy groups -OCH3 is 1. The summed E-state index contributed by atoms with van der Waals surface area (Å²) in [5.74, 6) is 0.368. The minimum Gasteiger partial charge on any atom is -0.496 e. The van der Waals surface area contributed by atoms with Crippen molar-refractivity contribution < 1.29 is 13.9 Å². The van der Waals surface area contributed by atoms with Gasteiger partial charge in [-0.05, 0) is 35.9 Å². The molecule has 1 aliphatic heterocycles. The van der Waals surface area contributed by atoms with E-state index in [4.69, 9.17) is 9.47 Å². The summed E-state index contributed by atoms with van der Waals surface area (Å²) in [4.78, 5) is 2.24. The molecule has 2 aromatic rings. The van der Waals surface area contributed by atoms with E-state index in [-0.39, 0.29) is 5.82 Å². The molecule has 5 heteroatoms. The normalized spacial score (nSPS) is 14.9. The summed E-state index contributed by atoms with van der Waals surface area (Å²) in [5.41, 5.74) is 3.00. The highest BCUT2D eigenvalue weighted by atomic mass is 19.1. The van der Waals surface area contributed by atoms with Gasteiger partial charge in [-0.3, -0.25) is 0 Å². The van der Waals surface area contributed by atoms with Gasteiger partial charge in [-0.2, -0.15) is 5.26 Å². The molecule has 0 aliphatic carbocycles. The number of nitrogens with zero attached hydrogens (tertiary/aromatic N) is 2. The highest BCUT2D eigenvalue weighted by Gasteiger charge is 2.13. The van der Waals surface area contributed by atoms with Gasteiger partial charge in [0.15, 0.2) is 0 Å². The van der Waals surface area contributed by atoms with Gasteiger partial charge in [0.05, 0.1) is 32.0 Å². The number of morpholine rings is 1. The SMILES string of the molecule is COc1cc(N2CCOCC2)ccc1/C=C(\C#N)c1ccc(F)cc1. The van der Waals surface area contributed by atoms with Crippen molar-refractivity contribution in [2.45, 2.75) is 0 Å². The number of hydrogen-bond acceptors (Lipinski definition) is 4. The number of rotatable bonds is 4. The summed E-state index contributed by atoms with van der Waals surface area (Å²) >= 11 is 0. The van der Waals surface area contributed by atoms with Crippen LogP contribution < -0.4 is 9.64 Å². The van der Waals surface area contributed by atoms with Crippen molar-refractivity contribution in [1.29, 1.82) is 5.26 Å². The quantitative estimate of drug-likeness (QED) is 0.629. The third-order valence-electron chi connectivity index (χ3n) is 4.17. The summed E-state index contributed by atoms with van der Waals surface area (Å²) in [6.07, 6.45) is 1.76. The first-order valence-corrected chi connectivity index (χ1v) is 8.10. The third kappa shape index (κ3) is 3.98. The van der Waals surface area contributed by atoms with E-state index in [0.29, 0.717) is 30.1 Å². The Hall–Kier alpha value is -2.84. The number of hydrogen-bond donors (Lipinski definition) is 0. The molecule has 25 heavy (non-hydrogen) atoms. The van der Waals surface area contributed by atoms with Gasteiger partial charge in [0, 0.05) is 30.4 Å². The van der Waals surface area contributed by atoms with Crippen molar-refractivity contribution in [3.05, 3.63) is 59.4 Å². The van der Waals surface area contributed by atoms with E-state index < -0.39 is 0 Å². The maximum Gasteiger partial charge on any atom is 0.128 e. The molecule has 128 valence electrons. The zero-order chi connectivity index (χ0) is 17.6. The molecule has 4 nitrogen and oxygen atoms in total. The maximum atomic E-state index is 13.1. The van der Waals surface area contributed by atoms with E-state index in [9.17, 15) is 9.65 Å². The molecule has 1 heterocycles. The van der Waals surface area contributed by atoms with Crippen LogP contribution in [0.5, 0.6) is 5.75 Å². The van der Waals surface area contributed by atoms with Gasteiger partial charge in [0.25, 0.3) is 0 Å². The van der Waals surface area contributed by atoms with Crippen LogP contribution in [0.3, 0.4) is 0 Å². The van der Waals surface area contributed by atoms with Crippen LogP contribution in [-0.2, 0) is 4.74 Å². The average Bonchev–Trinajstić information content (AvgIpc) is 2.67. The maximum absolute atomic E-state index is 13.1. The third-order valence-corrected chi connectivity index (χ3v) is 4.17. The molecular formula is C20H19FN2O2. The Bertz CT molecular complexity index is 803. The molecule has 0 unspecified atom stereocenters. The molecule has 0 bridgehead atoms. The zero-order valence-corrected chi connectivity index (χ0v) is 14.0. The van der Waals surface area contributed by atoms with Crippen LogP contribution in [0.15, 0.2) is 42.5 Å². The Balaban J connectivity index is 1.92. The molecule has 1 aliphatic rings. The van der Waals surface area contributed by atoms with Gasteiger partial charge in [-0.25, -0.2) is 4.39 Å². The summed E-state index contributed by atoms with van der Waals surface area (Å²) in [7, 11) is 1.61. The molecule has 1 fully saturated rings. The molecule has 0 atom stereocenters. The van der Waals surface area contributed by atoms with Gasteiger partial charge < -0.3 is 14.4 Å². The summed E-state index contributed by atoms with van der Waals surface area (Å²) in [6.45, 7) is 3.12. The highest BCUT2D eigenvalue weighted by molar-refractivity contribution is 5.90. The van der Waals surface area contributed by atoms with Crippen LogP contribution in [-0.4, -0.2) is 33.4 Å². The van der Waals surface area contributed by atoms with E-state index in [0.717, 1.165) is 24.3 Å². The van der Waals surface area contributed by atoms with E-state index >= 15 is 0 Å². The average molecular weight is 338 g/mol. The number of anilines is 1. The van der Waals surface area contributed by atoms with Crippen molar-refractivity contribution in [3.63, 3.8) is 0 Å². The van der Waals surface area contributed by atoms with Crippen LogP contribution in [0, 0.1) is 17.1 Å². The number of benzene rings is 2. The van der Waals surface area contributed by atoms with E-state index in [1.54, 1.807) is 25.3 Å². The molecule has 0 radical (unpaired) electrons. The first-order chi connectivity index (χ1) is 12.2. The van der Waals surface area contributed by atoms with Gasteiger partial charge in [-0.15, -0.1) is 0 Å². The Morgan fingerprint density at radius 2 is 1.92 bits per heavy atom. The lowest BCUT2D eigenvalue weighted by Crippen LogP contribution is -2.36. The minimum atomic E-state index is -0.325. The Morgan fingerprint density at radius 1 is 1.20 bits per heavy atom. The molecule has 3 rings (SSSR count). The standard InChI is InChI=1S/C20H19FN2O2/c1-24-20-13-19(23-8-10-25-11-9-23)7-4-16(20)12-17(14-22)15-2-5-18(21)6-3-15/h2-7,12-13H,8-11H2,1H3/b17-12+. The van der Waals surface area contributed by atoms with E-state index in [2.05, 4.69) is 11.0 Å². The monoisotopic (exact) mass is 338 g/mol. The van der Waals surface area contributed by atoms with Crippen molar-refractivity contribution >= 4 is 17.3 Å². The van der Waals surface area contributed by atoms with E-state index in [1.165, 1.54) is 12.1 Å². The molecule has 0 spiro atoms. The molecular weight excluding hydrogens is 319 g/mol. The molecule has 2 aromatic carbocycles. The topological polar surface area (TPSA) is 45.5 Å². The minimum absolute atomic E-state index is 0.325. The van der Waals surface area contributed by atoms with Crippen LogP contribution in [0.4, 0.5) is 10.1 Å². The molecule has 1 saturated heterocycles. The number of halogens is 1. The zero-order valence-electron chi connectivity index (χ0n) is 14.0. The van der Waals surface area contributed by atoms with Crippen LogP contribution in [0.25, 0.3) is 11.6 Å². The fraction of sp³-hybridized carbons (Fsp3) is 0.250. The van der Waals surface area contributed by atoms with Gasteiger partial charge in [0.1, 0.15) is 11.6 Å². The van der Waals surface area contributed by atoms with Gasteiger partial charge in [0.2, 0.25) is 0 Å². The molecule has 0 saturated carbocycles. The predicted octanol–water partition coefficient (Wildman–Crippen LogP) is 3.74. The first-order valence-electron chi connectivity index (χ1n) is 8.10. The number of ether oxygens (including phenoxy) is 2. The largest absolute Gasteiger partial charge is 0.496 e. The van der Waals surface area contributed by atoms with Crippen molar-refractivity contribution in [1.82, 2.24) is 0 Å². The lowest BCUT2D eigenvalue weighted by Gasteiger charge is -2.29. The fourth-order valence-corrected chi connectivity index (χ4v) is 2.80. The molecule has 0 N–H and O–H groups in total. The van der Waals surface area contributed by atoms with Gasteiger partial charge >= 0.3 is 0 Å². The van der Waals surface area contributed by atoms with Gasteiger partial charge in [-0.1, -0.05) is 12.1 Å². The first kappa shape index (κ1) is 17.0. The molecule has 0 amide bonds. The van der Waals surface area contributed by atoms with Crippen molar-refractivity contribution in [3.8, 4) is 11.8 Å². The number of allylic oxidation sites excluding steroid dienone is 1. The second-order valence-corrected chi connectivity index (χ2v) is 5.70. The second kappa shape index (κ2) is 7.82. The summed E-state index contributed by atoms with van der Waals surface area (Å²) < 4.78 is 24.0. The lowest BCUT2D eigenvalue weighted by atomic mass is 10.0. The summed E-state index contributed by atoms with van der Waals surface area (Å²) in [6, 6.07) is 14.0. The Morgan fingerprint density at radius 3 is 2.56 bits per heavy atom. The smallest absolute Gasteiger partial charge is 0.128 e.